The van der Waals surface area contributed by atoms with E-state index >= 15 is 4.39 Å². The van der Waals surface area contributed by atoms with E-state index in [0.717, 1.165) is 18.1 Å². The second-order valence-electron chi connectivity index (χ2n) is 8.42. The summed E-state index contributed by atoms with van der Waals surface area (Å²) in [4.78, 5) is 30.5. The number of pyridine rings is 2. The van der Waals surface area contributed by atoms with Crippen molar-refractivity contribution in [3.63, 3.8) is 0 Å². The number of aromatic carboxylic acids is 1. The SMILES string of the molecule is CNC1(c2cccnc2)CCN(c2c(F)cc3c(=O)c(C(=O)O)cn4c3c2OC[C@@H]4C)C1. The Morgan fingerprint density at radius 1 is 1.44 bits per heavy atom. The van der Waals surface area contributed by atoms with Crippen LogP contribution in [0.2, 0.25) is 0 Å². The molecular weight excluding hydrogens is 415 g/mol. The van der Waals surface area contributed by atoms with Crippen LogP contribution in [-0.2, 0) is 5.54 Å². The number of ether oxygens (including phenoxy) is 1. The Hall–Kier alpha value is -3.46. The molecule has 2 aliphatic rings. The fourth-order valence-electron chi connectivity index (χ4n) is 4.89. The van der Waals surface area contributed by atoms with Crippen molar-refractivity contribution < 1.29 is 19.0 Å². The Labute approximate surface area is 183 Å². The average molecular weight is 438 g/mol. The average Bonchev–Trinajstić information content (AvgIpc) is 3.23. The summed E-state index contributed by atoms with van der Waals surface area (Å²) in [6.07, 6.45) is 5.59. The summed E-state index contributed by atoms with van der Waals surface area (Å²) in [6, 6.07) is 4.81. The van der Waals surface area contributed by atoms with Crippen molar-refractivity contribution in [1.29, 1.82) is 0 Å². The van der Waals surface area contributed by atoms with Crippen molar-refractivity contribution in [2.45, 2.75) is 24.9 Å². The van der Waals surface area contributed by atoms with E-state index in [2.05, 4.69) is 10.3 Å². The fourth-order valence-corrected chi connectivity index (χ4v) is 4.89. The van der Waals surface area contributed by atoms with E-state index in [0.29, 0.717) is 24.3 Å². The minimum atomic E-state index is -1.33. The smallest absolute Gasteiger partial charge is 0.341 e. The van der Waals surface area contributed by atoms with Crippen molar-refractivity contribution in [3.05, 3.63) is 64.0 Å². The van der Waals surface area contributed by atoms with Crippen LogP contribution in [0, 0.1) is 5.82 Å². The molecule has 32 heavy (non-hydrogen) atoms. The van der Waals surface area contributed by atoms with Gasteiger partial charge in [0.15, 0.2) is 11.6 Å². The Balaban J connectivity index is 1.69. The lowest BCUT2D eigenvalue weighted by Gasteiger charge is -2.33. The predicted molar refractivity (Wildman–Crippen MR) is 117 cm³/mol. The molecular formula is C23H23FN4O4. The van der Waals surface area contributed by atoms with Crippen LogP contribution in [0.25, 0.3) is 10.9 Å². The molecule has 2 aromatic heterocycles. The number of likely N-dealkylation sites (N-methyl/N-ethyl adjacent to an activating group) is 1. The highest BCUT2D eigenvalue weighted by molar-refractivity contribution is 5.97. The lowest BCUT2D eigenvalue weighted by atomic mass is 9.90. The highest BCUT2D eigenvalue weighted by atomic mass is 19.1. The number of hydrogen-bond donors (Lipinski definition) is 2. The molecule has 0 radical (unpaired) electrons. The first-order chi connectivity index (χ1) is 15.4. The second-order valence-corrected chi connectivity index (χ2v) is 8.42. The van der Waals surface area contributed by atoms with Gasteiger partial charge in [0.2, 0.25) is 5.43 Å². The monoisotopic (exact) mass is 438 g/mol. The van der Waals surface area contributed by atoms with Gasteiger partial charge < -0.3 is 24.6 Å². The lowest BCUT2D eigenvalue weighted by Crippen LogP contribution is -2.43. The van der Waals surface area contributed by atoms with E-state index in [9.17, 15) is 14.7 Å². The van der Waals surface area contributed by atoms with Gasteiger partial charge in [-0.3, -0.25) is 9.78 Å². The number of nitrogens with zero attached hydrogens (tertiary/aromatic N) is 3. The number of carboxylic acids is 1. The number of carbonyl (C=O) groups is 1. The van der Waals surface area contributed by atoms with Gasteiger partial charge in [0.1, 0.15) is 17.9 Å². The Morgan fingerprint density at radius 2 is 2.25 bits per heavy atom. The molecule has 1 fully saturated rings. The van der Waals surface area contributed by atoms with Crippen LogP contribution >= 0.6 is 0 Å². The highest BCUT2D eigenvalue weighted by Gasteiger charge is 2.41. The molecule has 0 bridgehead atoms. The van der Waals surface area contributed by atoms with Gasteiger partial charge in [0.05, 0.1) is 22.5 Å². The summed E-state index contributed by atoms with van der Waals surface area (Å²) in [5.41, 5.74) is 0.236. The molecule has 8 nitrogen and oxygen atoms in total. The van der Waals surface area contributed by atoms with E-state index in [1.54, 1.807) is 10.8 Å². The van der Waals surface area contributed by atoms with E-state index in [1.807, 2.05) is 37.2 Å². The van der Waals surface area contributed by atoms with Gasteiger partial charge in [0.25, 0.3) is 0 Å². The van der Waals surface area contributed by atoms with Crippen molar-refractivity contribution in [2.75, 3.05) is 31.6 Å². The van der Waals surface area contributed by atoms with Crippen molar-refractivity contribution in [2.24, 2.45) is 0 Å². The van der Waals surface area contributed by atoms with Crippen LogP contribution in [-0.4, -0.2) is 47.4 Å². The van der Waals surface area contributed by atoms with Gasteiger partial charge in [-0.05, 0) is 38.1 Å². The molecule has 0 spiro atoms. The summed E-state index contributed by atoms with van der Waals surface area (Å²) >= 11 is 0. The predicted octanol–water partition coefficient (Wildman–Crippen LogP) is 2.51. The standard InChI is InChI=1S/C23H23FN4O4/c1-13-11-32-21-18-15(20(29)16(22(30)31)10-28(13)18)8-17(24)19(21)27-7-5-23(12-27,25-2)14-4-3-6-26-9-14/h3-4,6,8-10,13,25H,5,7,11-12H2,1-2H3,(H,30,31)/t13-,23?/m0/s1. The molecule has 166 valence electrons. The summed E-state index contributed by atoms with van der Waals surface area (Å²) in [6.45, 7) is 3.17. The summed E-state index contributed by atoms with van der Waals surface area (Å²) in [7, 11) is 1.88. The first-order valence-electron chi connectivity index (χ1n) is 10.5. The normalized spacial score (nSPS) is 22.2. The van der Waals surface area contributed by atoms with E-state index in [-0.39, 0.29) is 29.3 Å². The van der Waals surface area contributed by atoms with E-state index in [4.69, 9.17) is 4.74 Å². The van der Waals surface area contributed by atoms with Crippen LogP contribution in [0.1, 0.15) is 35.3 Å². The summed E-state index contributed by atoms with van der Waals surface area (Å²) in [5.74, 6) is -1.66. The number of nitrogens with one attached hydrogen (secondary N) is 1. The van der Waals surface area contributed by atoms with Crippen molar-refractivity contribution >= 4 is 22.6 Å². The molecule has 0 aliphatic carbocycles. The van der Waals surface area contributed by atoms with Crippen LogP contribution in [0.3, 0.4) is 0 Å². The second kappa shape index (κ2) is 7.30. The number of rotatable bonds is 4. The molecule has 1 aromatic carbocycles. The number of aromatic nitrogens is 2. The van der Waals surface area contributed by atoms with Crippen molar-refractivity contribution in [3.8, 4) is 5.75 Å². The van der Waals surface area contributed by atoms with Gasteiger partial charge in [-0.15, -0.1) is 0 Å². The molecule has 5 rings (SSSR count). The minimum absolute atomic E-state index is 0.0130. The maximum absolute atomic E-state index is 15.5. The van der Waals surface area contributed by atoms with Gasteiger partial charge in [-0.25, -0.2) is 9.18 Å². The van der Waals surface area contributed by atoms with Gasteiger partial charge in [-0.2, -0.15) is 0 Å². The Bertz CT molecular complexity index is 1290. The van der Waals surface area contributed by atoms with Gasteiger partial charge in [-0.1, -0.05) is 6.07 Å². The molecule has 1 saturated heterocycles. The van der Waals surface area contributed by atoms with Crippen LogP contribution in [0.15, 0.2) is 41.6 Å². The maximum atomic E-state index is 15.5. The zero-order chi connectivity index (χ0) is 22.6. The quantitative estimate of drug-likeness (QED) is 0.646. The number of carboxylic acid groups (broad SMARTS) is 1. The maximum Gasteiger partial charge on any atom is 0.341 e. The molecule has 3 aromatic rings. The number of benzene rings is 1. The topological polar surface area (TPSA) is 96.7 Å². The molecule has 2 aliphatic heterocycles. The van der Waals surface area contributed by atoms with Gasteiger partial charge in [0, 0.05) is 31.7 Å². The molecule has 0 saturated carbocycles. The molecule has 2 atom stereocenters. The molecule has 1 unspecified atom stereocenters. The fraction of sp³-hybridized carbons (Fsp3) is 0.348. The largest absolute Gasteiger partial charge is 0.487 e. The summed E-state index contributed by atoms with van der Waals surface area (Å²) < 4.78 is 23.2. The number of halogens is 1. The minimum Gasteiger partial charge on any atom is -0.487 e. The third-order valence-electron chi connectivity index (χ3n) is 6.65. The summed E-state index contributed by atoms with van der Waals surface area (Å²) in [5, 5.41) is 12.8. The van der Waals surface area contributed by atoms with Crippen LogP contribution < -0.4 is 20.4 Å². The molecule has 9 heteroatoms. The Kier molecular flexibility index (Phi) is 4.67. The third-order valence-corrected chi connectivity index (χ3v) is 6.65. The first-order valence-corrected chi connectivity index (χ1v) is 10.5. The number of anilines is 1. The lowest BCUT2D eigenvalue weighted by molar-refractivity contribution is 0.0694. The van der Waals surface area contributed by atoms with Crippen LogP contribution in [0.5, 0.6) is 5.75 Å². The zero-order valence-electron chi connectivity index (χ0n) is 17.8. The van der Waals surface area contributed by atoms with E-state index < -0.39 is 22.8 Å². The zero-order valence-corrected chi connectivity index (χ0v) is 17.8. The Morgan fingerprint density at radius 3 is 2.94 bits per heavy atom. The van der Waals surface area contributed by atoms with Gasteiger partial charge >= 0.3 is 5.97 Å². The molecule has 4 heterocycles. The molecule has 2 N–H and O–H groups in total. The first kappa shape index (κ1) is 20.4. The highest BCUT2D eigenvalue weighted by Crippen LogP contribution is 2.45. The van der Waals surface area contributed by atoms with E-state index in [1.165, 1.54) is 6.20 Å². The number of hydrogen-bond acceptors (Lipinski definition) is 6. The van der Waals surface area contributed by atoms with Crippen LogP contribution in [0.4, 0.5) is 10.1 Å². The molecule has 0 amide bonds. The third kappa shape index (κ3) is 2.88. The van der Waals surface area contributed by atoms with Crippen molar-refractivity contribution in [1.82, 2.24) is 14.9 Å².